The van der Waals surface area contributed by atoms with E-state index in [1.165, 1.54) is 25.7 Å². The van der Waals surface area contributed by atoms with Crippen molar-refractivity contribution >= 4 is 11.6 Å². The van der Waals surface area contributed by atoms with Crippen molar-refractivity contribution < 1.29 is 4.79 Å². The lowest BCUT2D eigenvalue weighted by Crippen LogP contribution is -2.23. The summed E-state index contributed by atoms with van der Waals surface area (Å²) in [6.45, 7) is 3.49. The van der Waals surface area contributed by atoms with E-state index >= 15 is 0 Å². The lowest BCUT2D eigenvalue weighted by molar-refractivity contribution is 0.0951. The molecule has 0 saturated heterocycles. The van der Waals surface area contributed by atoms with Gasteiger partial charge in [-0.15, -0.1) is 0 Å². The number of hydrogen-bond donors (Lipinski definition) is 2. The van der Waals surface area contributed by atoms with Gasteiger partial charge in [-0.25, -0.2) is 0 Å². The largest absolute Gasteiger partial charge is 0.385 e. The Morgan fingerprint density at radius 2 is 2.33 bits per heavy atom. The molecule has 1 aliphatic carbocycles. The number of rotatable bonds is 7. The van der Waals surface area contributed by atoms with E-state index in [4.69, 9.17) is 0 Å². The van der Waals surface area contributed by atoms with Gasteiger partial charge >= 0.3 is 0 Å². The van der Waals surface area contributed by atoms with Crippen molar-refractivity contribution in [3.05, 3.63) is 24.0 Å². The SMILES string of the molecule is CCNC(=O)c1cc(NCCCC2CC2)ccn1. The summed E-state index contributed by atoms with van der Waals surface area (Å²) in [5.74, 6) is 0.870. The molecule has 0 radical (unpaired) electrons. The van der Waals surface area contributed by atoms with Gasteiger partial charge < -0.3 is 10.6 Å². The maximum Gasteiger partial charge on any atom is 0.269 e. The topological polar surface area (TPSA) is 54.0 Å². The van der Waals surface area contributed by atoms with Crippen LogP contribution in [0.15, 0.2) is 18.3 Å². The second-order valence-electron chi connectivity index (χ2n) is 4.80. The molecule has 18 heavy (non-hydrogen) atoms. The van der Waals surface area contributed by atoms with Crippen LogP contribution in [0.2, 0.25) is 0 Å². The first kappa shape index (κ1) is 12.9. The van der Waals surface area contributed by atoms with Gasteiger partial charge in [-0.2, -0.15) is 0 Å². The molecular formula is C14H21N3O. The minimum absolute atomic E-state index is 0.112. The summed E-state index contributed by atoms with van der Waals surface area (Å²) >= 11 is 0. The Bertz CT molecular complexity index is 402. The average Bonchev–Trinajstić information content (AvgIpc) is 3.19. The van der Waals surface area contributed by atoms with Crippen LogP contribution in [0.1, 0.15) is 43.1 Å². The first-order chi connectivity index (χ1) is 8.79. The van der Waals surface area contributed by atoms with Crippen LogP contribution in [0.25, 0.3) is 0 Å². The summed E-state index contributed by atoms with van der Waals surface area (Å²) in [6.07, 6.45) is 7.02. The van der Waals surface area contributed by atoms with E-state index in [-0.39, 0.29) is 5.91 Å². The van der Waals surface area contributed by atoms with Crippen LogP contribution >= 0.6 is 0 Å². The van der Waals surface area contributed by atoms with Crippen molar-refractivity contribution in [2.75, 3.05) is 18.4 Å². The van der Waals surface area contributed by atoms with Gasteiger partial charge in [0.15, 0.2) is 0 Å². The van der Waals surface area contributed by atoms with Gasteiger partial charge in [0, 0.05) is 25.0 Å². The zero-order chi connectivity index (χ0) is 12.8. The third kappa shape index (κ3) is 4.02. The van der Waals surface area contributed by atoms with Crippen LogP contribution in [0, 0.1) is 5.92 Å². The highest BCUT2D eigenvalue weighted by Crippen LogP contribution is 2.33. The third-order valence-electron chi connectivity index (χ3n) is 3.15. The monoisotopic (exact) mass is 247 g/mol. The molecule has 0 aromatic carbocycles. The van der Waals surface area contributed by atoms with Crippen LogP contribution in [0.3, 0.4) is 0 Å². The van der Waals surface area contributed by atoms with Gasteiger partial charge in [0.2, 0.25) is 0 Å². The van der Waals surface area contributed by atoms with E-state index in [2.05, 4.69) is 15.6 Å². The smallest absolute Gasteiger partial charge is 0.269 e. The van der Waals surface area contributed by atoms with E-state index in [1.54, 1.807) is 6.20 Å². The van der Waals surface area contributed by atoms with Crippen molar-refractivity contribution in [3.63, 3.8) is 0 Å². The number of nitrogens with zero attached hydrogens (tertiary/aromatic N) is 1. The van der Waals surface area contributed by atoms with Crippen molar-refractivity contribution in [3.8, 4) is 0 Å². The second-order valence-corrected chi connectivity index (χ2v) is 4.80. The lowest BCUT2D eigenvalue weighted by Gasteiger charge is -2.07. The summed E-state index contributed by atoms with van der Waals surface area (Å²) in [7, 11) is 0. The first-order valence-electron chi connectivity index (χ1n) is 6.77. The van der Waals surface area contributed by atoms with Crippen LogP contribution in [0.4, 0.5) is 5.69 Å². The zero-order valence-electron chi connectivity index (χ0n) is 10.9. The Hall–Kier alpha value is -1.58. The van der Waals surface area contributed by atoms with Crippen molar-refractivity contribution in [1.82, 2.24) is 10.3 Å². The highest BCUT2D eigenvalue weighted by atomic mass is 16.1. The number of carbonyl (C=O) groups excluding carboxylic acids is 1. The minimum Gasteiger partial charge on any atom is -0.385 e. The number of amides is 1. The molecule has 0 bridgehead atoms. The maximum atomic E-state index is 11.6. The molecule has 1 heterocycles. The molecule has 1 aliphatic rings. The number of hydrogen-bond acceptors (Lipinski definition) is 3. The number of carbonyl (C=O) groups is 1. The van der Waals surface area contributed by atoms with Gasteiger partial charge in [0.25, 0.3) is 5.91 Å². The standard InChI is InChI=1S/C14H21N3O/c1-2-15-14(18)13-10-12(7-9-17-13)16-8-3-4-11-5-6-11/h7,9-11H,2-6,8H2,1H3,(H,15,18)(H,16,17). The van der Waals surface area contributed by atoms with E-state index < -0.39 is 0 Å². The molecule has 1 fully saturated rings. The van der Waals surface area contributed by atoms with Crippen LogP contribution in [0.5, 0.6) is 0 Å². The maximum absolute atomic E-state index is 11.6. The highest BCUT2D eigenvalue weighted by Gasteiger charge is 2.19. The summed E-state index contributed by atoms with van der Waals surface area (Å²) in [5, 5.41) is 6.10. The summed E-state index contributed by atoms with van der Waals surface area (Å²) in [5.41, 5.74) is 1.45. The molecule has 2 N–H and O–H groups in total. The quantitative estimate of drug-likeness (QED) is 0.728. The molecule has 1 saturated carbocycles. The second kappa shape index (κ2) is 6.38. The molecule has 98 valence electrons. The highest BCUT2D eigenvalue weighted by molar-refractivity contribution is 5.93. The van der Waals surface area contributed by atoms with E-state index in [9.17, 15) is 4.79 Å². The molecule has 1 aromatic heterocycles. The van der Waals surface area contributed by atoms with Gasteiger partial charge in [-0.1, -0.05) is 12.8 Å². The van der Waals surface area contributed by atoms with Crippen LogP contribution in [-0.4, -0.2) is 24.0 Å². The fourth-order valence-electron chi connectivity index (χ4n) is 1.95. The van der Waals surface area contributed by atoms with Crippen LogP contribution in [-0.2, 0) is 0 Å². The molecule has 4 nitrogen and oxygen atoms in total. The molecule has 0 atom stereocenters. The molecule has 4 heteroatoms. The number of anilines is 1. The average molecular weight is 247 g/mol. The third-order valence-corrected chi connectivity index (χ3v) is 3.15. The summed E-state index contributed by atoms with van der Waals surface area (Å²) in [4.78, 5) is 15.7. The Labute approximate surface area is 108 Å². The Morgan fingerprint density at radius 1 is 1.50 bits per heavy atom. The van der Waals surface area contributed by atoms with E-state index in [0.29, 0.717) is 12.2 Å². The van der Waals surface area contributed by atoms with Gasteiger partial charge in [-0.05, 0) is 37.8 Å². The van der Waals surface area contributed by atoms with E-state index in [0.717, 1.165) is 18.2 Å². The fourth-order valence-corrected chi connectivity index (χ4v) is 1.95. The normalized spacial score (nSPS) is 14.3. The lowest BCUT2D eigenvalue weighted by atomic mass is 10.2. The molecule has 2 rings (SSSR count). The number of aromatic nitrogens is 1. The fraction of sp³-hybridized carbons (Fsp3) is 0.571. The van der Waals surface area contributed by atoms with Gasteiger partial charge in [0.1, 0.15) is 5.69 Å². The summed E-state index contributed by atoms with van der Waals surface area (Å²) in [6, 6.07) is 3.71. The molecule has 0 spiro atoms. The predicted molar refractivity (Wildman–Crippen MR) is 72.7 cm³/mol. The Morgan fingerprint density at radius 3 is 3.06 bits per heavy atom. The van der Waals surface area contributed by atoms with Crippen LogP contribution < -0.4 is 10.6 Å². The van der Waals surface area contributed by atoms with Crippen molar-refractivity contribution in [2.45, 2.75) is 32.6 Å². The molecule has 1 aromatic rings. The zero-order valence-corrected chi connectivity index (χ0v) is 10.9. The first-order valence-corrected chi connectivity index (χ1v) is 6.77. The molecule has 0 aliphatic heterocycles. The predicted octanol–water partition coefficient (Wildman–Crippen LogP) is 2.43. The molecule has 1 amide bonds. The van der Waals surface area contributed by atoms with Gasteiger partial charge in [0.05, 0.1) is 0 Å². The van der Waals surface area contributed by atoms with Crippen molar-refractivity contribution in [1.29, 1.82) is 0 Å². The van der Waals surface area contributed by atoms with Gasteiger partial charge in [-0.3, -0.25) is 9.78 Å². The molecule has 0 unspecified atom stereocenters. The Kier molecular flexibility index (Phi) is 4.56. The number of nitrogens with one attached hydrogen (secondary N) is 2. The summed E-state index contributed by atoms with van der Waals surface area (Å²) < 4.78 is 0. The number of pyridine rings is 1. The Balaban J connectivity index is 1.79. The molecular weight excluding hydrogens is 226 g/mol. The van der Waals surface area contributed by atoms with E-state index in [1.807, 2.05) is 19.1 Å². The van der Waals surface area contributed by atoms with Crippen molar-refractivity contribution in [2.24, 2.45) is 5.92 Å². The minimum atomic E-state index is -0.112.